The monoisotopic (exact) mass is 348 g/mol. The lowest BCUT2D eigenvalue weighted by Gasteiger charge is -2.30. The Labute approximate surface area is 147 Å². The number of esters is 1. The summed E-state index contributed by atoms with van der Waals surface area (Å²) in [5.74, 6) is -1.33. The molecule has 0 aliphatic carbocycles. The number of anilines is 1. The van der Waals surface area contributed by atoms with Gasteiger partial charge in [0.25, 0.3) is 0 Å². The fourth-order valence-corrected chi connectivity index (χ4v) is 2.74. The van der Waals surface area contributed by atoms with Gasteiger partial charge < -0.3 is 19.7 Å². The number of carbonyl (C=O) groups excluding carboxylic acids is 3. The number of carbonyl (C=O) groups is 3. The zero-order chi connectivity index (χ0) is 18.2. The largest absolute Gasteiger partial charge is 0.494 e. The van der Waals surface area contributed by atoms with Gasteiger partial charge in [-0.1, -0.05) is 0 Å². The van der Waals surface area contributed by atoms with Gasteiger partial charge in [0.1, 0.15) is 5.75 Å². The lowest BCUT2D eigenvalue weighted by Crippen LogP contribution is -2.47. The Kier molecular flexibility index (Phi) is 6.80. The molecule has 0 saturated carbocycles. The van der Waals surface area contributed by atoms with Gasteiger partial charge in [0, 0.05) is 18.8 Å². The molecule has 1 aliphatic rings. The summed E-state index contributed by atoms with van der Waals surface area (Å²) in [5, 5.41) is 2.58. The Morgan fingerprint density at radius 2 is 1.88 bits per heavy atom. The van der Waals surface area contributed by atoms with Gasteiger partial charge in [-0.3, -0.25) is 14.4 Å². The fraction of sp³-hybridized carbons (Fsp3) is 0.500. The van der Waals surface area contributed by atoms with E-state index in [1.165, 1.54) is 4.90 Å². The third kappa shape index (κ3) is 5.20. The van der Waals surface area contributed by atoms with Crippen molar-refractivity contribution >= 4 is 23.5 Å². The van der Waals surface area contributed by atoms with Crippen LogP contribution in [0.15, 0.2) is 24.3 Å². The molecule has 1 saturated heterocycles. The molecule has 1 N–H and O–H groups in total. The minimum Gasteiger partial charge on any atom is -0.494 e. The third-order valence-corrected chi connectivity index (χ3v) is 3.95. The molecule has 136 valence electrons. The minimum atomic E-state index is -0.714. The lowest BCUT2D eigenvalue weighted by atomic mass is 9.98. The number of hydrogen-bond acceptors (Lipinski definition) is 5. The molecule has 1 unspecified atom stereocenters. The quantitative estimate of drug-likeness (QED) is 0.648. The summed E-state index contributed by atoms with van der Waals surface area (Å²) in [4.78, 5) is 37.8. The topological polar surface area (TPSA) is 84.9 Å². The number of rotatable bonds is 5. The van der Waals surface area contributed by atoms with Crippen molar-refractivity contribution in [2.45, 2.75) is 26.7 Å². The summed E-state index contributed by atoms with van der Waals surface area (Å²) in [7, 11) is 0. The van der Waals surface area contributed by atoms with Crippen LogP contribution in [-0.4, -0.2) is 49.0 Å². The number of likely N-dealkylation sites (tertiary alicyclic amines) is 1. The molecule has 1 aromatic rings. The highest BCUT2D eigenvalue weighted by molar-refractivity contribution is 6.39. The number of hydrogen-bond donors (Lipinski definition) is 1. The number of amides is 2. The molecular formula is C18H24N2O5. The second kappa shape index (κ2) is 9.05. The van der Waals surface area contributed by atoms with E-state index in [4.69, 9.17) is 9.47 Å². The maximum atomic E-state index is 12.3. The van der Waals surface area contributed by atoms with E-state index in [1.807, 2.05) is 6.92 Å². The molecule has 0 spiro atoms. The highest BCUT2D eigenvalue weighted by atomic mass is 16.5. The number of piperidine rings is 1. The summed E-state index contributed by atoms with van der Waals surface area (Å²) in [6, 6.07) is 6.80. The van der Waals surface area contributed by atoms with Gasteiger partial charge in [0.15, 0.2) is 0 Å². The van der Waals surface area contributed by atoms with Crippen LogP contribution in [0, 0.1) is 5.92 Å². The van der Waals surface area contributed by atoms with E-state index in [9.17, 15) is 14.4 Å². The van der Waals surface area contributed by atoms with Crippen LogP contribution in [0.3, 0.4) is 0 Å². The minimum absolute atomic E-state index is 0.217. The number of ether oxygens (including phenoxy) is 2. The molecule has 1 aliphatic heterocycles. The first-order valence-corrected chi connectivity index (χ1v) is 8.54. The predicted octanol–water partition coefficient (Wildman–Crippen LogP) is 1.83. The molecule has 7 heteroatoms. The Hall–Kier alpha value is -2.57. The fourth-order valence-electron chi connectivity index (χ4n) is 2.74. The van der Waals surface area contributed by atoms with Crippen molar-refractivity contribution in [3.63, 3.8) is 0 Å². The van der Waals surface area contributed by atoms with E-state index < -0.39 is 11.8 Å². The zero-order valence-corrected chi connectivity index (χ0v) is 14.6. The Bertz CT molecular complexity index is 614. The van der Waals surface area contributed by atoms with Gasteiger partial charge in [-0.05, 0) is 51.0 Å². The van der Waals surface area contributed by atoms with Crippen molar-refractivity contribution < 1.29 is 23.9 Å². The Morgan fingerprint density at radius 1 is 1.16 bits per heavy atom. The molecule has 2 rings (SSSR count). The van der Waals surface area contributed by atoms with Crippen molar-refractivity contribution in [3.8, 4) is 5.75 Å². The molecule has 7 nitrogen and oxygen atoms in total. The highest BCUT2D eigenvalue weighted by Crippen LogP contribution is 2.19. The molecular weight excluding hydrogens is 324 g/mol. The Morgan fingerprint density at radius 3 is 2.52 bits per heavy atom. The molecule has 0 aromatic heterocycles. The average molecular weight is 348 g/mol. The first-order chi connectivity index (χ1) is 12.0. The maximum absolute atomic E-state index is 12.3. The second-order valence-corrected chi connectivity index (χ2v) is 5.75. The van der Waals surface area contributed by atoms with Crippen LogP contribution in [0.25, 0.3) is 0 Å². The van der Waals surface area contributed by atoms with E-state index in [0.717, 1.165) is 0 Å². The van der Waals surface area contributed by atoms with Crippen LogP contribution in [0.2, 0.25) is 0 Å². The first kappa shape index (κ1) is 18.8. The van der Waals surface area contributed by atoms with Gasteiger partial charge in [-0.15, -0.1) is 0 Å². The number of nitrogens with zero attached hydrogens (tertiary/aromatic N) is 1. The van der Waals surface area contributed by atoms with E-state index in [1.54, 1.807) is 31.2 Å². The van der Waals surface area contributed by atoms with Gasteiger partial charge >= 0.3 is 17.8 Å². The SMILES string of the molecule is CCOC(=O)C1CCCN(C(=O)C(=O)Nc2ccc(OCC)cc2)C1. The summed E-state index contributed by atoms with van der Waals surface area (Å²) >= 11 is 0. The summed E-state index contributed by atoms with van der Waals surface area (Å²) in [6.07, 6.45) is 1.34. The van der Waals surface area contributed by atoms with Crippen LogP contribution in [0.1, 0.15) is 26.7 Å². The molecule has 0 radical (unpaired) electrons. The first-order valence-electron chi connectivity index (χ1n) is 8.54. The molecule has 1 atom stereocenters. The van der Waals surface area contributed by atoms with E-state index >= 15 is 0 Å². The predicted molar refractivity (Wildman–Crippen MR) is 92.2 cm³/mol. The summed E-state index contributed by atoms with van der Waals surface area (Å²) in [6.45, 7) is 5.17. The van der Waals surface area contributed by atoms with Gasteiger partial charge in [0.2, 0.25) is 0 Å². The molecule has 2 amide bonds. The molecule has 1 aromatic carbocycles. The maximum Gasteiger partial charge on any atom is 0.313 e. The standard InChI is InChI=1S/C18H24N2O5/c1-3-24-15-9-7-14(8-10-15)19-16(21)17(22)20-11-5-6-13(12-20)18(23)25-4-2/h7-10,13H,3-6,11-12H2,1-2H3,(H,19,21). The normalized spacial score (nSPS) is 16.9. The lowest BCUT2D eigenvalue weighted by molar-refractivity contribution is -0.153. The van der Waals surface area contributed by atoms with Gasteiger partial charge in [-0.2, -0.15) is 0 Å². The highest BCUT2D eigenvalue weighted by Gasteiger charge is 2.31. The molecule has 0 bridgehead atoms. The summed E-state index contributed by atoms with van der Waals surface area (Å²) < 4.78 is 10.3. The average Bonchev–Trinajstić information content (AvgIpc) is 2.63. The van der Waals surface area contributed by atoms with Crippen molar-refractivity contribution in [2.75, 3.05) is 31.6 Å². The molecule has 25 heavy (non-hydrogen) atoms. The smallest absolute Gasteiger partial charge is 0.313 e. The van der Waals surface area contributed by atoms with Crippen molar-refractivity contribution in [3.05, 3.63) is 24.3 Å². The molecule has 1 heterocycles. The van der Waals surface area contributed by atoms with Crippen LogP contribution < -0.4 is 10.1 Å². The van der Waals surface area contributed by atoms with Crippen molar-refractivity contribution in [1.29, 1.82) is 0 Å². The van der Waals surface area contributed by atoms with E-state index in [0.29, 0.717) is 44.0 Å². The second-order valence-electron chi connectivity index (χ2n) is 5.75. The third-order valence-electron chi connectivity index (χ3n) is 3.95. The number of benzene rings is 1. The van der Waals surface area contributed by atoms with Crippen molar-refractivity contribution in [2.24, 2.45) is 5.92 Å². The van der Waals surface area contributed by atoms with E-state index in [2.05, 4.69) is 5.32 Å². The van der Waals surface area contributed by atoms with Gasteiger partial charge in [-0.25, -0.2) is 0 Å². The van der Waals surface area contributed by atoms with Crippen molar-refractivity contribution in [1.82, 2.24) is 4.90 Å². The summed E-state index contributed by atoms with van der Waals surface area (Å²) in [5.41, 5.74) is 0.515. The van der Waals surface area contributed by atoms with E-state index in [-0.39, 0.29) is 18.4 Å². The number of nitrogens with one attached hydrogen (secondary N) is 1. The van der Waals surface area contributed by atoms with Crippen LogP contribution in [0.4, 0.5) is 5.69 Å². The van der Waals surface area contributed by atoms with Crippen LogP contribution in [0.5, 0.6) is 5.75 Å². The molecule has 1 fully saturated rings. The Balaban J connectivity index is 1.92. The van der Waals surface area contributed by atoms with Crippen LogP contribution in [-0.2, 0) is 19.1 Å². The van der Waals surface area contributed by atoms with Crippen LogP contribution >= 0.6 is 0 Å². The zero-order valence-electron chi connectivity index (χ0n) is 14.6. The van der Waals surface area contributed by atoms with Gasteiger partial charge in [0.05, 0.1) is 19.1 Å².